The molecular weight excluding hydrogens is 202 g/mol. The fourth-order valence-electron chi connectivity index (χ4n) is 1.86. The Kier molecular flexibility index (Phi) is 2.16. The lowest BCUT2D eigenvalue weighted by atomic mass is 10.4. The van der Waals surface area contributed by atoms with E-state index in [1.807, 2.05) is 32.0 Å². The van der Waals surface area contributed by atoms with Gasteiger partial charge in [-0.05, 0) is 12.8 Å². The molecule has 5 heteroatoms. The summed E-state index contributed by atoms with van der Waals surface area (Å²) in [5, 5.41) is 7.46. The summed E-state index contributed by atoms with van der Waals surface area (Å²) in [7, 11) is 1.92. The number of nitrogens with one attached hydrogen (secondary N) is 1. The summed E-state index contributed by atoms with van der Waals surface area (Å²) in [4.78, 5) is 4.20. The van der Waals surface area contributed by atoms with Gasteiger partial charge in [0, 0.05) is 25.5 Å². The first-order valence-corrected chi connectivity index (χ1v) is 5.56. The molecule has 5 nitrogen and oxygen atoms in total. The highest BCUT2D eigenvalue weighted by molar-refractivity contribution is 5.38. The predicted molar refractivity (Wildman–Crippen MR) is 61.0 cm³/mol. The molecule has 2 aromatic heterocycles. The van der Waals surface area contributed by atoms with Crippen molar-refractivity contribution in [1.82, 2.24) is 19.3 Å². The van der Waals surface area contributed by atoms with E-state index in [9.17, 15) is 0 Å². The van der Waals surface area contributed by atoms with Crippen molar-refractivity contribution in [1.29, 1.82) is 0 Å². The van der Waals surface area contributed by atoms with E-state index in [1.165, 1.54) is 18.5 Å². The van der Waals surface area contributed by atoms with Gasteiger partial charge in [-0.25, -0.2) is 4.98 Å². The molecular formula is C11H15N5. The summed E-state index contributed by atoms with van der Waals surface area (Å²) in [6, 6.07) is 0.688. The SMILES string of the molecule is Cn1cc(NCc2cncn2C2CC2)cn1. The average Bonchev–Trinajstić information content (AvgIpc) is 2.86. The van der Waals surface area contributed by atoms with E-state index in [0.717, 1.165) is 12.2 Å². The zero-order chi connectivity index (χ0) is 11.0. The van der Waals surface area contributed by atoms with Crippen LogP contribution in [0.3, 0.4) is 0 Å². The van der Waals surface area contributed by atoms with Gasteiger partial charge in [0.1, 0.15) is 0 Å². The molecule has 1 aliphatic carbocycles. The smallest absolute Gasteiger partial charge is 0.0951 e. The minimum Gasteiger partial charge on any atom is -0.377 e. The number of nitrogens with zero attached hydrogens (tertiary/aromatic N) is 4. The lowest BCUT2D eigenvalue weighted by Gasteiger charge is -2.07. The van der Waals surface area contributed by atoms with Crippen LogP contribution in [0.15, 0.2) is 24.9 Å². The fourth-order valence-corrected chi connectivity index (χ4v) is 1.86. The molecule has 0 aromatic carbocycles. The second-order valence-corrected chi connectivity index (χ2v) is 4.28. The topological polar surface area (TPSA) is 47.7 Å². The van der Waals surface area contributed by atoms with E-state index >= 15 is 0 Å². The summed E-state index contributed by atoms with van der Waals surface area (Å²) >= 11 is 0. The third-order valence-corrected chi connectivity index (χ3v) is 2.87. The van der Waals surface area contributed by atoms with Crippen LogP contribution in [0.2, 0.25) is 0 Å². The number of aryl methyl sites for hydroxylation is 1. The molecule has 1 aliphatic rings. The van der Waals surface area contributed by atoms with Crippen LogP contribution in [0, 0.1) is 0 Å². The molecule has 3 rings (SSSR count). The van der Waals surface area contributed by atoms with E-state index in [4.69, 9.17) is 0 Å². The Morgan fingerprint density at radius 1 is 1.44 bits per heavy atom. The normalized spacial score (nSPS) is 15.3. The van der Waals surface area contributed by atoms with Gasteiger partial charge in [-0.1, -0.05) is 0 Å². The predicted octanol–water partition coefficient (Wildman–Crippen LogP) is 1.56. The first-order chi connectivity index (χ1) is 7.83. The second-order valence-electron chi connectivity index (χ2n) is 4.28. The van der Waals surface area contributed by atoms with Gasteiger partial charge in [0.05, 0.1) is 30.5 Å². The quantitative estimate of drug-likeness (QED) is 0.845. The molecule has 0 atom stereocenters. The number of rotatable bonds is 4. The van der Waals surface area contributed by atoms with Crippen molar-refractivity contribution in [2.45, 2.75) is 25.4 Å². The monoisotopic (exact) mass is 217 g/mol. The van der Waals surface area contributed by atoms with Crippen LogP contribution in [0.1, 0.15) is 24.6 Å². The fraction of sp³-hybridized carbons (Fsp3) is 0.455. The molecule has 84 valence electrons. The van der Waals surface area contributed by atoms with Crippen molar-refractivity contribution in [3.8, 4) is 0 Å². The molecule has 16 heavy (non-hydrogen) atoms. The molecule has 0 radical (unpaired) electrons. The Labute approximate surface area is 94.1 Å². The summed E-state index contributed by atoms with van der Waals surface area (Å²) < 4.78 is 4.06. The van der Waals surface area contributed by atoms with Gasteiger partial charge < -0.3 is 9.88 Å². The van der Waals surface area contributed by atoms with Gasteiger partial charge in [0.2, 0.25) is 0 Å². The molecule has 2 aromatic rings. The molecule has 0 bridgehead atoms. The maximum absolute atomic E-state index is 4.20. The van der Waals surface area contributed by atoms with Crippen LogP contribution in [0.25, 0.3) is 0 Å². The number of imidazole rings is 1. The summed E-state index contributed by atoms with van der Waals surface area (Å²) in [5.41, 5.74) is 2.29. The third-order valence-electron chi connectivity index (χ3n) is 2.87. The van der Waals surface area contributed by atoms with Crippen LogP contribution < -0.4 is 5.32 Å². The van der Waals surface area contributed by atoms with Gasteiger partial charge in [0.25, 0.3) is 0 Å². The van der Waals surface area contributed by atoms with E-state index in [2.05, 4.69) is 20.0 Å². The van der Waals surface area contributed by atoms with E-state index in [1.54, 1.807) is 4.68 Å². The second kappa shape index (κ2) is 3.66. The van der Waals surface area contributed by atoms with Crippen LogP contribution >= 0.6 is 0 Å². The zero-order valence-electron chi connectivity index (χ0n) is 9.30. The highest BCUT2D eigenvalue weighted by Gasteiger charge is 2.24. The van der Waals surface area contributed by atoms with Crippen LogP contribution in [-0.4, -0.2) is 19.3 Å². The first-order valence-electron chi connectivity index (χ1n) is 5.56. The molecule has 0 aliphatic heterocycles. The Balaban J connectivity index is 1.67. The molecule has 2 heterocycles. The molecule has 0 saturated heterocycles. The minimum atomic E-state index is 0.688. The van der Waals surface area contributed by atoms with Gasteiger partial charge in [-0.3, -0.25) is 4.68 Å². The minimum absolute atomic E-state index is 0.688. The number of aromatic nitrogens is 4. The van der Waals surface area contributed by atoms with E-state index < -0.39 is 0 Å². The van der Waals surface area contributed by atoms with Gasteiger partial charge in [-0.2, -0.15) is 5.10 Å². The Bertz CT molecular complexity index is 480. The molecule has 0 unspecified atom stereocenters. The van der Waals surface area contributed by atoms with E-state index in [-0.39, 0.29) is 0 Å². The number of anilines is 1. The third kappa shape index (κ3) is 1.80. The lowest BCUT2D eigenvalue weighted by Crippen LogP contribution is -2.05. The molecule has 1 saturated carbocycles. The Hall–Kier alpha value is -1.78. The van der Waals surface area contributed by atoms with Crippen molar-refractivity contribution in [2.24, 2.45) is 7.05 Å². The van der Waals surface area contributed by atoms with Gasteiger partial charge >= 0.3 is 0 Å². The van der Waals surface area contributed by atoms with Crippen LogP contribution in [0.5, 0.6) is 0 Å². The standard InChI is InChI=1S/C11H15N5/c1-15-7-9(4-14-15)13-6-11-5-12-8-16(11)10-2-3-10/h4-5,7-8,10,13H,2-3,6H2,1H3. The first kappa shape index (κ1) is 9.45. The van der Waals surface area contributed by atoms with Crippen LogP contribution in [0.4, 0.5) is 5.69 Å². The van der Waals surface area contributed by atoms with Crippen molar-refractivity contribution < 1.29 is 0 Å². The maximum atomic E-state index is 4.20. The summed E-state index contributed by atoms with van der Waals surface area (Å²) in [6.45, 7) is 0.808. The van der Waals surface area contributed by atoms with Crippen molar-refractivity contribution in [3.05, 3.63) is 30.6 Å². The molecule has 1 N–H and O–H groups in total. The highest BCUT2D eigenvalue weighted by atomic mass is 15.3. The molecule has 1 fully saturated rings. The lowest BCUT2D eigenvalue weighted by molar-refractivity contribution is 0.701. The zero-order valence-corrected chi connectivity index (χ0v) is 9.30. The van der Waals surface area contributed by atoms with Crippen LogP contribution in [-0.2, 0) is 13.6 Å². The maximum Gasteiger partial charge on any atom is 0.0951 e. The van der Waals surface area contributed by atoms with Crippen molar-refractivity contribution in [3.63, 3.8) is 0 Å². The Morgan fingerprint density at radius 2 is 2.31 bits per heavy atom. The summed E-state index contributed by atoms with van der Waals surface area (Å²) in [5.74, 6) is 0. The van der Waals surface area contributed by atoms with Gasteiger partial charge in [0.15, 0.2) is 0 Å². The molecule has 0 amide bonds. The highest BCUT2D eigenvalue weighted by Crippen LogP contribution is 2.35. The molecule has 0 spiro atoms. The van der Waals surface area contributed by atoms with Gasteiger partial charge in [-0.15, -0.1) is 0 Å². The summed E-state index contributed by atoms with van der Waals surface area (Å²) in [6.07, 6.45) is 10.2. The number of hydrogen-bond donors (Lipinski definition) is 1. The Morgan fingerprint density at radius 3 is 3.00 bits per heavy atom. The number of hydrogen-bond acceptors (Lipinski definition) is 3. The van der Waals surface area contributed by atoms with E-state index in [0.29, 0.717) is 6.04 Å². The van der Waals surface area contributed by atoms with Crippen molar-refractivity contribution >= 4 is 5.69 Å². The van der Waals surface area contributed by atoms with Crippen molar-refractivity contribution in [2.75, 3.05) is 5.32 Å². The largest absolute Gasteiger partial charge is 0.377 e. The average molecular weight is 217 g/mol.